The van der Waals surface area contributed by atoms with E-state index in [-0.39, 0.29) is 92.6 Å². The Morgan fingerprint density at radius 1 is 0.915 bits per heavy atom. The van der Waals surface area contributed by atoms with E-state index in [1.54, 1.807) is 18.2 Å². The summed E-state index contributed by atoms with van der Waals surface area (Å²) < 4.78 is 41.5. The van der Waals surface area contributed by atoms with Gasteiger partial charge in [-0.25, -0.2) is 0 Å². The molecule has 436 valence electrons. The first-order valence-corrected chi connectivity index (χ1v) is 29.7. The molecule has 8 N–H and O–H groups in total. The highest BCUT2D eigenvalue weighted by molar-refractivity contribution is 7.52. The molecule has 82 heavy (non-hydrogen) atoms. The number of carbonyl (C=O) groups is 9. The molecule has 3 fully saturated rings. The second kappa shape index (κ2) is 26.2. The number of hydrogen-bond donors (Lipinski definition) is 7. The number of amides is 9. The van der Waals surface area contributed by atoms with Gasteiger partial charge < -0.3 is 51.1 Å². The number of piperidine rings is 1. The Morgan fingerprint density at radius 3 is 2.40 bits per heavy atom. The molecule has 21 nitrogen and oxygen atoms in total. The van der Waals surface area contributed by atoms with Gasteiger partial charge >= 0.3 is 13.3 Å². The topological polar surface area (TPSA) is 298 Å². The fraction of sp³-hybridized carbons (Fsp3) is 0.456. The molecule has 4 aliphatic rings. The maximum absolute atomic E-state index is 15.0. The quantitative estimate of drug-likeness (QED) is 0.0268. The fourth-order valence-electron chi connectivity index (χ4n) is 10.9. The molecule has 0 aliphatic carbocycles. The van der Waals surface area contributed by atoms with Crippen LogP contribution in [0.15, 0.2) is 72.8 Å². The van der Waals surface area contributed by atoms with Gasteiger partial charge in [-0.1, -0.05) is 60.7 Å². The average molecular weight is 1170 g/mol. The minimum Gasteiger partial charge on any atom is -0.370 e. The predicted molar refractivity (Wildman–Crippen MR) is 297 cm³/mol. The first kappa shape index (κ1) is 60.7. The molecule has 8 rings (SSSR count). The molecule has 4 aliphatic heterocycles. The first-order chi connectivity index (χ1) is 39.0. The molecular weight excluding hydrogens is 1100 g/mol. The van der Waals surface area contributed by atoms with Crippen LogP contribution in [0.4, 0.5) is 8.78 Å². The summed E-state index contributed by atoms with van der Waals surface area (Å²) >= 11 is 0.873. The number of alkyl halides is 2. The lowest BCUT2D eigenvalue weighted by atomic mass is 10.0. The number of halogens is 2. The Kier molecular flexibility index (Phi) is 19.4. The van der Waals surface area contributed by atoms with Crippen molar-refractivity contribution in [3.05, 3.63) is 105 Å². The zero-order chi connectivity index (χ0) is 59.0. The number of nitrogens with one attached hydrogen (secondary N) is 4. The van der Waals surface area contributed by atoms with Crippen molar-refractivity contribution >= 4 is 82.2 Å². The van der Waals surface area contributed by atoms with Gasteiger partial charge in [0, 0.05) is 72.7 Å². The number of fused-ring (bicyclic) bond motifs is 3. The summed E-state index contributed by atoms with van der Waals surface area (Å²) in [6.07, 6.45) is 3.48. The number of unbranched alkanes of at least 4 members (excludes halogenated alkanes) is 3. The van der Waals surface area contributed by atoms with Crippen LogP contribution in [-0.4, -0.2) is 146 Å². The molecule has 6 atom stereocenters. The SMILES string of the molecule is CN(C)CCC(NC(=O)C(CCC(N)=O)NC(=O)[C@@H]1CC[C@@H]2CCN(C(=O)CCCCCC#Cc3cccc4c3CN(C3CCC(=O)NC3=O)C4=O)C[C@H](NC(=O)c3cc4cc(C(F)(F)P(=O)(O)O)ccc4s3)C(=O)N21)c1ccccc1. The van der Waals surface area contributed by atoms with Crippen LogP contribution in [0, 0.1) is 11.8 Å². The van der Waals surface area contributed by atoms with Crippen molar-refractivity contribution in [1.82, 2.24) is 40.9 Å². The zero-order valence-electron chi connectivity index (χ0n) is 45.4. The van der Waals surface area contributed by atoms with Crippen LogP contribution in [0.1, 0.15) is 132 Å². The van der Waals surface area contributed by atoms with Crippen LogP contribution < -0.4 is 27.0 Å². The minimum atomic E-state index is -5.92. The molecule has 1 aromatic heterocycles. The molecule has 0 radical (unpaired) electrons. The molecular formula is C57H66F2N9O12PS. The standard InChI is InChI=1S/C57H66F2N9O12PS/c1-65(2)28-27-41(35-13-8-6-9-14-35)61-51(72)42(20-24-48(60)69)62-53(74)45-21-19-38-26-29-66(33-43(56(77)68(38)45)63-54(75)47-31-36-30-37(18-23-46(36)82-47)57(58,59)81(78,79)80)50(71)17-10-5-3-4-7-12-34-15-11-16-39-40(34)32-67(55(39)76)44-22-25-49(70)64-52(44)73/h6,8-9,11,13-16,18,23,30-31,38,41-45H,3-5,10,17,19-22,24-29,32-33H2,1-2H3,(H2,60,69)(H,61,72)(H,62,74)(H,63,75)(H,64,70,73)(H2,78,79,80)/t38-,41?,42?,43+,44?,45+/m1/s1. The molecule has 0 spiro atoms. The Bertz CT molecular complexity index is 3250. The number of primary amides is 1. The van der Waals surface area contributed by atoms with Gasteiger partial charge in [0.05, 0.1) is 10.9 Å². The molecule has 3 unspecified atom stereocenters. The molecule has 9 amide bonds. The molecule has 0 bridgehead atoms. The van der Waals surface area contributed by atoms with E-state index < -0.39 is 90.5 Å². The number of nitrogens with zero attached hydrogens (tertiary/aromatic N) is 4. The fourth-order valence-corrected chi connectivity index (χ4v) is 12.3. The first-order valence-electron chi connectivity index (χ1n) is 27.2. The summed E-state index contributed by atoms with van der Waals surface area (Å²) in [4.78, 5) is 146. The summed E-state index contributed by atoms with van der Waals surface area (Å²) in [5.41, 5.74) is 2.66. The van der Waals surface area contributed by atoms with Gasteiger partial charge in [0.1, 0.15) is 24.2 Å². The maximum atomic E-state index is 15.0. The smallest absolute Gasteiger partial charge is 0.370 e. The molecule has 3 saturated heterocycles. The van der Waals surface area contributed by atoms with Crippen LogP contribution >= 0.6 is 18.9 Å². The lowest BCUT2D eigenvalue weighted by Crippen LogP contribution is -2.62. The van der Waals surface area contributed by atoms with Crippen molar-refractivity contribution in [1.29, 1.82) is 0 Å². The second-order valence-corrected chi connectivity index (χ2v) is 24.1. The van der Waals surface area contributed by atoms with Gasteiger partial charge in [-0.3, -0.25) is 53.0 Å². The van der Waals surface area contributed by atoms with Crippen LogP contribution in [0.3, 0.4) is 0 Å². The number of hydrogen-bond acceptors (Lipinski definition) is 12. The summed E-state index contributed by atoms with van der Waals surface area (Å²) in [6, 6.07) is 13.0. The highest BCUT2D eigenvalue weighted by Crippen LogP contribution is 2.59. The molecule has 3 aromatic carbocycles. The number of carbonyl (C=O) groups excluding carboxylic acids is 9. The number of imide groups is 1. The van der Waals surface area contributed by atoms with E-state index in [2.05, 4.69) is 33.1 Å². The van der Waals surface area contributed by atoms with Crippen LogP contribution in [0.25, 0.3) is 10.1 Å². The third-order valence-corrected chi connectivity index (χ3v) is 17.4. The van der Waals surface area contributed by atoms with Crippen molar-refractivity contribution in [3.63, 3.8) is 0 Å². The molecule has 5 heterocycles. The summed E-state index contributed by atoms with van der Waals surface area (Å²) in [6.45, 7) is 0.627. The number of nitrogens with two attached hydrogens (primary N) is 1. The monoisotopic (exact) mass is 1170 g/mol. The van der Waals surface area contributed by atoms with Crippen LogP contribution in [0.2, 0.25) is 0 Å². The van der Waals surface area contributed by atoms with E-state index in [4.69, 9.17) is 5.73 Å². The highest BCUT2D eigenvalue weighted by Gasteiger charge is 2.51. The largest absolute Gasteiger partial charge is 0.399 e. The molecule has 0 saturated carbocycles. The molecule has 25 heteroatoms. The zero-order valence-corrected chi connectivity index (χ0v) is 47.1. The average Bonchev–Trinajstić information content (AvgIpc) is 4.37. The van der Waals surface area contributed by atoms with E-state index in [0.717, 1.165) is 29.0 Å². The summed E-state index contributed by atoms with van der Waals surface area (Å²) in [7, 11) is -2.13. The number of benzene rings is 3. The van der Waals surface area contributed by atoms with Gasteiger partial charge in [-0.05, 0) is 119 Å². The Morgan fingerprint density at radius 2 is 1.68 bits per heavy atom. The summed E-state index contributed by atoms with van der Waals surface area (Å²) in [5.74, 6) is 1.36. The summed E-state index contributed by atoms with van der Waals surface area (Å²) in [5, 5.41) is 10.9. The lowest BCUT2D eigenvalue weighted by Gasteiger charge is -2.39. The third kappa shape index (κ3) is 14.2. The van der Waals surface area contributed by atoms with Gasteiger partial charge in [0.15, 0.2) is 0 Å². The number of rotatable bonds is 21. The van der Waals surface area contributed by atoms with Gasteiger partial charge in [-0.15, -0.1) is 11.3 Å². The Balaban J connectivity index is 0.956. The number of thiophene rings is 1. The van der Waals surface area contributed by atoms with E-state index in [0.29, 0.717) is 66.5 Å². The predicted octanol–water partition coefficient (Wildman–Crippen LogP) is 4.14. The van der Waals surface area contributed by atoms with E-state index in [1.807, 2.05) is 49.3 Å². The van der Waals surface area contributed by atoms with Crippen molar-refractivity contribution in [2.45, 2.75) is 132 Å². The second-order valence-electron chi connectivity index (χ2n) is 21.3. The van der Waals surface area contributed by atoms with E-state index >= 15 is 4.79 Å². The van der Waals surface area contributed by atoms with Crippen molar-refractivity contribution in [3.8, 4) is 11.8 Å². The third-order valence-electron chi connectivity index (χ3n) is 15.3. The Labute approximate surface area is 476 Å². The maximum Gasteiger partial charge on any atom is 0.399 e. The van der Waals surface area contributed by atoms with Gasteiger partial charge in [0.25, 0.3) is 11.8 Å². The Hall–Kier alpha value is -7.42. The highest BCUT2D eigenvalue weighted by atomic mass is 32.1. The van der Waals surface area contributed by atoms with Gasteiger partial charge in [-0.2, -0.15) is 8.78 Å². The van der Waals surface area contributed by atoms with Crippen molar-refractivity contribution in [2.24, 2.45) is 5.73 Å². The van der Waals surface area contributed by atoms with Crippen molar-refractivity contribution < 1.29 is 66.3 Å². The molecule has 4 aromatic rings. The minimum absolute atomic E-state index is 0.0447. The van der Waals surface area contributed by atoms with E-state index in [9.17, 15) is 61.5 Å². The van der Waals surface area contributed by atoms with E-state index in [1.165, 1.54) is 26.8 Å². The van der Waals surface area contributed by atoms with Crippen LogP contribution in [0.5, 0.6) is 0 Å². The lowest BCUT2D eigenvalue weighted by molar-refractivity contribution is -0.145. The van der Waals surface area contributed by atoms with Crippen molar-refractivity contribution in [2.75, 3.05) is 33.7 Å². The van der Waals surface area contributed by atoms with Gasteiger partial charge in [0.2, 0.25) is 41.4 Å². The van der Waals surface area contributed by atoms with Crippen LogP contribution in [-0.2, 0) is 50.3 Å². The normalized spacial score (nSPS) is 20.0.